The van der Waals surface area contributed by atoms with Crippen molar-refractivity contribution in [1.82, 2.24) is 4.98 Å². The fourth-order valence-electron chi connectivity index (χ4n) is 1.64. The molecule has 1 N–H and O–H groups in total. The standard InChI is InChI=1S/C12H20N2O/c1-10(2)14(7-4-8-15)12-5-6-13-11(3)9-12/h5-6,9-10,15H,4,7-8H2,1-3H3. The first-order valence-corrected chi connectivity index (χ1v) is 5.45. The Bertz CT molecular complexity index is 299. The van der Waals surface area contributed by atoms with E-state index in [9.17, 15) is 0 Å². The molecule has 0 radical (unpaired) electrons. The summed E-state index contributed by atoms with van der Waals surface area (Å²) >= 11 is 0. The van der Waals surface area contributed by atoms with E-state index >= 15 is 0 Å². The van der Waals surface area contributed by atoms with E-state index in [0.29, 0.717) is 6.04 Å². The lowest BCUT2D eigenvalue weighted by molar-refractivity contribution is 0.288. The van der Waals surface area contributed by atoms with Crippen LogP contribution in [0.2, 0.25) is 0 Å². The second-order valence-electron chi connectivity index (χ2n) is 4.02. The summed E-state index contributed by atoms with van der Waals surface area (Å²) < 4.78 is 0. The Kier molecular flexibility index (Phi) is 4.56. The molecule has 0 unspecified atom stereocenters. The number of anilines is 1. The highest BCUT2D eigenvalue weighted by molar-refractivity contribution is 5.47. The van der Waals surface area contributed by atoms with E-state index < -0.39 is 0 Å². The maximum Gasteiger partial charge on any atom is 0.0447 e. The van der Waals surface area contributed by atoms with Crippen LogP contribution in [0.15, 0.2) is 18.3 Å². The van der Waals surface area contributed by atoms with Gasteiger partial charge in [0.15, 0.2) is 0 Å². The highest BCUT2D eigenvalue weighted by Crippen LogP contribution is 2.17. The number of aryl methyl sites for hydroxylation is 1. The summed E-state index contributed by atoms with van der Waals surface area (Å²) in [5.74, 6) is 0. The number of aliphatic hydroxyl groups excluding tert-OH is 1. The van der Waals surface area contributed by atoms with Gasteiger partial charge in [-0.05, 0) is 39.3 Å². The van der Waals surface area contributed by atoms with Crippen molar-refractivity contribution < 1.29 is 5.11 Å². The number of hydrogen-bond donors (Lipinski definition) is 1. The Hall–Kier alpha value is -1.09. The fraction of sp³-hybridized carbons (Fsp3) is 0.583. The molecule has 0 saturated heterocycles. The van der Waals surface area contributed by atoms with Gasteiger partial charge in [-0.1, -0.05) is 0 Å². The molecule has 1 heterocycles. The Morgan fingerprint density at radius 1 is 1.47 bits per heavy atom. The molecule has 3 heteroatoms. The average Bonchev–Trinajstić information content (AvgIpc) is 2.18. The molecule has 1 rings (SSSR count). The molecule has 0 bridgehead atoms. The van der Waals surface area contributed by atoms with Gasteiger partial charge in [0, 0.05) is 36.8 Å². The summed E-state index contributed by atoms with van der Waals surface area (Å²) in [5, 5.41) is 8.86. The maximum absolute atomic E-state index is 8.86. The molecule has 0 saturated carbocycles. The number of nitrogens with zero attached hydrogens (tertiary/aromatic N) is 2. The first kappa shape index (κ1) is 12.0. The van der Waals surface area contributed by atoms with Crippen molar-refractivity contribution in [3.63, 3.8) is 0 Å². The zero-order valence-electron chi connectivity index (χ0n) is 9.77. The molecule has 84 valence electrons. The monoisotopic (exact) mass is 208 g/mol. The molecule has 0 aromatic carbocycles. The molecule has 0 fully saturated rings. The minimum absolute atomic E-state index is 0.243. The first-order chi connectivity index (χ1) is 7.15. The third-order valence-corrected chi connectivity index (χ3v) is 2.39. The van der Waals surface area contributed by atoms with E-state index in [0.717, 1.165) is 18.7 Å². The van der Waals surface area contributed by atoms with E-state index in [1.165, 1.54) is 5.69 Å². The number of aliphatic hydroxyl groups is 1. The van der Waals surface area contributed by atoms with Gasteiger partial charge in [0.1, 0.15) is 0 Å². The van der Waals surface area contributed by atoms with Crippen molar-refractivity contribution in [3.05, 3.63) is 24.0 Å². The van der Waals surface area contributed by atoms with E-state index in [1.54, 1.807) is 0 Å². The van der Waals surface area contributed by atoms with Gasteiger partial charge in [-0.15, -0.1) is 0 Å². The topological polar surface area (TPSA) is 36.4 Å². The molecule has 1 aromatic rings. The molecule has 0 amide bonds. The Balaban J connectivity index is 2.79. The van der Waals surface area contributed by atoms with Gasteiger partial charge < -0.3 is 10.0 Å². The largest absolute Gasteiger partial charge is 0.396 e. The normalized spacial score (nSPS) is 10.7. The van der Waals surface area contributed by atoms with E-state index in [1.807, 2.05) is 19.2 Å². The van der Waals surface area contributed by atoms with Crippen LogP contribution in [-0.2, 0) is 0 Å². The van der Waals surface area contributed by atoms with Crippen molar-refractivity contribution in [3.8, 4) is 0 Å². The highest BCUT2D eigenvalue weighted by Gasteiger charge is 2.09. The molecule has 0 spiro atoms. The highest BCUT2D eigenvalue weighted by atomic mass is 16.3. The van der Waals surface area contributed by atoms with Crippen LogP contribution < -0.4 is 4.90 Å². The van der Waals surface area contributed by atoms with Crippen molar-refractivity contribution >= 4 is 5.69 Å². The van der Waals surface area contributed by atoms with E-state index in [2.05, 4.69) is 29.8 Å². The van der Waals surface area contributed by atoms with Crippen LogP contribution in [0.5, 0.6) is 0 Å². The zero-order valence-corrected chi connectivity index (χ0v) is 9.77. The van der Waals surface area contributed by atoms with Crippen LogP contribution >= 0.6 is 0 Å². The molecular weight excluding hydrogens is 188 g/mol. The van der Waals surface area contributed by atoms with Gasteiger partial charge in [-0.25, -0.2) is 0 Å². The van der Waals surface area contributed by atoms with Gasteiger partial charge in [-0.2, -0.15) is 0 Å². The van der Waals surface area contributed by atoms with Crippen LogP contribution in [0, 0.1) is 6.92 Å². The minimum Gasteiger partial charge on any atom is -0.396 e. The van der Waals surface area contributed by atoms with Gasteiger partial charge in [0.05, 0.1) is 0 Å². The fourth-order valence-corrected chi connectivity index (χ4v) is 1.64. The summed E-state index contributed by atoms with van der Waals surface area (Å²) in [4.78, 5) is 6.47. The quantitative estimate of drug-likeness (QED) is 0.804. The van der Waals surface area contributed by atoms with Crippen LogP contribution in [-0.4, -0.2) is 29.3 Å². The van der Waals surface area contributed by atoms with E-state index in [-0.39, 0.29) is 6.61 Å². The third-order valence-electron chi connectivity index (χ3n) is 2.39. The summed E-state index contributed by atoms with van der Waals surface area (Å²) in [6.07, 6.45) is 2.64. The molecule has 3 nitrogen and oxygen atoms in total. The van der Waals surface area contributed by atoms with Crippen molar-refractivity contribution in [2.45, 2.75) is 33.2 Å². The summed E-state index contributed by atoms with van der Waals surface area (Å²) in [6, 6.07) is 4.54. The Morgan fingerprint density at radius 3 is 2.73 bits per heavy atom. The maximum atomic E-state index is 8.86. The lowest BCUT2D eigenvalue weighted by Crippen LogP contribution is -2.32. The number of pyridine rings is 1. The second-order valence-corrected chi connectivity index (χ2v) is 4.02. The van der Waals surface area contributed by atoms with Crippen LogP contribution in [0.4, 0.5) is 5.69 Å². The predicted octanol–water partition coefficient (Wildman–Crippen LogP) is 1.99. The van der Waals surface area contributed by atoms with Crippen molar-refractivity contribution in [2.75, 3.05) is 18.1 Å². The lowest BCUT2D eigenvalue weighted by atomic mass is 10.2. The average molecular weight is 208 g/mol. The molecule has 0 aliphatic rings. The molecule has 0 aliphatic carbocycles. The Morgan fingerprint density at radius 2 is 2.20 bits per heavy atom. The number of hydrogen-bond acceptors (Lipinski definition) is 3. The van der Waals surface area contributed by atoms with Gasteiger partial charge in [0.2, 0.25) is 0 Å². The van der Waals surface area contributed by atoms with Gasteiger partial charge >= 0.3 is 0 Å². The van der Waals surface area contributed by atoms with Crippen molar-refractivity contribution in [1.29, 1.82) is 0 Å². The van der Waals surface area contributed by atoms with Gasteiger partial charge in [-0.3, -0.25) is 4.98 Å². The van der Waals surface area contributed by atoms with Crippen LogP contribution in [0.1, 0.15) is 26.0 Å². The summed E-state index contributed by atoms with van der Waals surface area (Å²) in [7, 11) is 0. The smallest absolute Gasteiger partial charge is 0.0447 e. The van der Waals surface area contributed by atoms with Crippen LogP contribution in [0.25, 0.3) is 0 Å². The minimum atomic E-state index is 0.243. The summed E-state index contributed by atoms with van der Waals surface area (Å²) in [6.45, 7) is 7.44. The van der Waals surface area contributed by atoms with Crippen molar-refractivity contribution in [2.24, 2.45) is 0 Å². The zero-order chi connectivity index (χ0) is 11.3. The number of aromatic nitrogens is 1. The number of rotatable bonds is 5. The SMILES string of the molecule is Cc1cc(N(CCCO)C(C)C)ccn1. The molecule has 0 aliphatic heterocycles. The van der Waals surface area contributed by atoms with Gasteiger partial charge in [0.25, 0.3) is 0 Å². The predicted molar refractivity (Wildman–Crippen MR) is 63.2 cm³/mol. The first-order valence-electron chi connectivity index (χ1n) is 5.45. The second kappa shape index (κ2) is 5.71. The third kappa shape index (κ3) is 3.51. The summed E-state index contributed by atoms with van der Waals surface area (Å²) in [5.41, 5.74) is 2.22. The lowest BCUT2D eigenvalue weighted by Gasteiger charge is -2.28. The molecule has 1 aromatic heterocycles. The Labute approximate surface area is 91.8 Å². The van der Waals surface area contributed by atoms with E-state index in [4.69, 9.17) is 5.11 Å². The van der Waals surface area contributed by atoms with Crippen LogP contribution in [0.3, 0.4) is 0 Å². The molecule has 0 atom stereocenters. The molecule has 15 heavy (non-hydrogen) atoms. The molecular formula is C12H20N2O.